The first-order valence-electron chi connectivity index (χ1n) is 9.58. The van der Waals surface area contributed by atoms with Crippen LogP contribution in [0.4, 0.5) is 0 Å². The third-order valence-electron chi connectivity index (χ3n) is 5.27. The maximum Gasteiger partial charge on any atom is 0.262 e. The van der Waals surface area contributed by atoms with E-state index in [2.05, 4.69) is 20.5 Å². The molecule has 0 bridgehead atoms. The van der Waals surface area contributed by atoms with Crippen molar-refractivity contribution in [2.24, 2.45) is 5.10 Å². The van der Waals surface area contributed by atoms with E-state index in [9.17, 15) is 9.59 Å². The molecule has 0 saturated carbocycles. The van der Waals surface area contributed by atoms with Crippen LogP contribution in [0.15, 0.2) is 46.7 Å². The molecule has 1 aliphatic rings. The Kier molecular flexibility index (Phi) is 4.48. The fourth-order valence-electron chi connectivity index (χ4n) is 3.86. The second kappa shape index (κ2) is 7.29. The van der Waals surface area contributed by atoms with Gasteiger partial charge in [-0.05, 0) is 37.3 Å². The summed E-state index contributed by atoms with van der Waals surface area (Å²) in [5.41, 5.74) is 5.36. The van der Waals surface area contributed by atoms with Crippen molar-refractivity contribution in [3.8, 4) is 0 Å². The highest BCUT2D eigenvalue weighted by molar-refractivity contribution is 7.18. The molecule has 0 atom stereocenters. The van der Waals surface area contributed by atoms with Gasteiger partial charge in [0.25, 0.3) is 11.5 Å². The van der Waals surface area contributed by atoms with Crippen molar-refractivity contribution in [3.05, 3.63) is 63.1 Å². The van der Waals surface area contributed by atoms with Crippen LogP contribution in [-0.2, 0) is 24.2 Å². The highest BCUT2D eigenvalue weighted by Gasteiger charge is 2.20. The van der Waals surface area contributed by atoms with E-state index in [0.717, 1.165) is 52.5 Å². The van der Waals surface area contributed by atoms with E-state index in [1.807, 2.05) is 30.5 Å². The number of hydrogen-bond acceptors (Lipinski definition) is 5. The molecule has 0 unspecified atom stereocenters. The number of rotatable bonds is 4. The fourth-order valence-corrected chi connectivity index (χ4v) is 5.08. The van der Waals surface area contributed by atoms with Crippen LogP contribution < -0.4 is 11.0 Å². The summed E-state index contributed by atoms with van der Waals surface area (Å²) in [5, 5.41) is 5.74. The Balaban J connectivity index is 1.33. The van der Waals surface area contributed by atoms with Crippen LogP contribution >= 0.6 is 11.3 Å². The Bertz CT molecular complexity index is 1310. The van der Waals surface area contributed by atoms with Crippen molar-refractivity contribution < 1.29 is 4.79 Å². The summed E-state index contributed by atoms with van der Waals surface area (Å²) >= 11 is 1.60. The molecule has 7 nitrogen and oxygen atoms in total. The van der Waals surface area contributed by atoms with Gasteiger partial charge in [0, 0.05) is 27.5 Å². The lowest BCUT2D eigenvalue weighted by atomic mass is 9.97. The Hall–Kier alpha value is -3.26. The number of hydrogen-bond donors (Lipinski definition) is 2. The summed E-state index contributed by atoms with van der Waals surface area (Å²) in [6.45, 7) is -0.113. The number of nitrogens with zero attached hydrogens (tertiary/aromatic N) is 3. The molecule has 3 aromatic heterocycles. The molecule has 0 fully saturated rings. The molecule has 0 radical (unpaired) electrons. The van der Waals surface area contributed by atoms with E-state index in [1.54, 1.807) is 17.6 Å². The lowest BCUT2D eigenvalue weighted by molar-refractivity contribution is -0.121. The lowest BCUT2D eigenvalue weighted by Gasteiger charge is -2.10. The van der Waals surface area contributed by atoms with E-state index in [1.165, 1.54) is 15.8 Å². The zero-order valence-corrected chi connectivity index (χ0v) is 16.5. The van der Waals surface area contributed by atoms with Crippen LogP contribution in [0.25, 0.3) is 21.1 Å². The number of aryl methyl sites for hydroxylation is 2. The smallest absolute Gasteiger partial charge is 0.262 e. The number of nitrogens with one attached hydrogen (secondary N) is 2. The number of benzene rings is 1. The van der Waals surface area contributed by atoms with Gasteiger partial charge >= 0.3 is 0 Å². The van der Waals surface area contributed by atoms with Gasteiger partial charge in [0.2, 0.25) is 0 Å². The fraction of sp³-hybridized carbons (Fsp3) is 0.238. The first-order chi connectivity index (χ1) is 14.2. The van der Waals surface area contributed by atoms with Crippen molar-refractivity contribution >= 4 is 44.6 Å². The Morgan fingerprint density at radius 2 is 2.17 bits per heavy atom. The minimum absolute atomic E-state index is 0.113. The van der Waals surface area contributed by atoms with Gasteiger partial charge in [0.05, 0.1) is 17.9 Å². The van der Waals surface area contributed by atoms with Gasteiger partial charge in [-0.3, -0.25) is 14.2 Å². The molecule has 3 heterocycles. The maximum atomic E-state index is 12.9. The molecule has 4 aromatic rings. The molecule has 0 aliphatic heterocycles. The Morgan fingerprint density at radius 1 is 1.31 bits per heavy atom. The summed E-state index contributed by atoms with van der Waals surface area (Å²) in [6.07, 6.45) is 9.06. The highest BCUT2D eigenvalue weighted by Crippen LogP contribution is 2.33. The quantitative estimate of drug-likeness (QED) is 0.404. The number of H-pyrrole nitrogens is 1. The SMILES string of the molecule is O=C(Cn1cnc2sc3c(c2c1=O)CCCC3)NN=Cc1c[nH]c2ccccc12. The predicted octanol–water partition coefficient (Wildman–Crippen LogP) is 2.97. The molecule has 8 heteroatoms. The van der Waals surface area contributed by atoms with Crippen molar-refractivity contribution in [2.45, 2.75) is 32.2 Å². The number of hydrazone groups is 1. The van der Waals surface area contributed by atoms with Gasteiger partial charge in [-0.15, -0.1) is 11.3 Å². The molecule has 146 valence electrons. The van der Waals surface area contributed by atoms with Crippen molar-refractivity contribution in [3.63, 3.8) is 0 Å². The average molecular weight is 405 g/mol. The lowest BCUT2D eigenvalue weighted by Crippen LogP contribution is -2.30. The largest absolute Gasteiger partial charge is 0.361 e. The summed E-state index contributed by atoms with van der Waals surface area (Å²) in [4.78, 5) is 34.8. The zero-order chi connectivity index (χ0) is 19.8. The molecular weight excluding hydrogens is 386 g/mol. The summed E-state index contributed by atoms with van der Waals surface area (Å²) < 4.78 is 1.36. The Morgan fingerprint density at radius 3 is 3.10 bits per heavy atom. The zero-order valence-electron chi connectivity index (χ0n) is 15.6. The normalized spacial score (nSPS) is 13.9. The first-order valence-corrected chi connectivity index (χ1v) is 10.4. The average Bonchev–Trinajstić information content (AvgIpc) is 3.32. The number of aromatic amines is 1. The second-order valence-electron chi connectivity index (χ2n) is 7.15. The topological polar surface area (TPSA) is 92.1 Å². The van der Waals surface area contributed by atoms with Crippen LogP contribution in [0.3, 0.4) is 0 Å². The third-order valence-corrected chi connectivity index (χ3v) is 6.47. The Labute approximate surface area is 170 Å². The molecular formula is C21H19N5O2S. The molecule has 1 aliphatic carbocycles. The van der Waals surface area contributed by atoms with E-state index in [4.69, 9.17) is 0 Å². The molecule has 0 spiro atoms. The van der Waals surface area contributed by atoms with E-state index >= 15 is 0 Å². The van der Waals surface area contributed by atoms with Crippen LogP contribution in [0, 0.1) is 0 Å². The predicted molar refractivity (Wildman–Crippen MR) is 115 cm³/mol. The standard InChI is InChI=1S/C21H19N5O2S/c27-18(25-24-10-13-9-22-16-7-3-1-5-14(13)16)11-26-12-23-20-19(21(26)28)15-6-2-4-8-17(15)29-20/h1,3,5,7,9-10,12,22H,2,4,6,8,11H2,(H,25,27). The van der Waals surface area contributed by atoms with Gasteiger partial charge in [0.15, 0.2) is 0 Å². The molecule has 2 N–H and O–H groups in total. The third kappa shape index (κ3) is 3.25. The van der Waals surface area contributed by atoms with Gasteiger partial charge in [-0.2, -0.15) is 5.10 Å². The highest BCUT2D eigenvalue weighted by atomic mass is 32.1. The van der Waals surface area contributed by atoms with E-state index in [-0.39, 0.29) is 18.0 Å². The van der Waals surface area contributed by atoms with Crippen LogP contribution in [0.1, 0.15) is 28.8 Å². The van der Waals surface area contributed by atoms with Gasteiger partial charge < -0.3 is 4.98 Å². The second-order valence-corrected chi connectivity index (χ2v) is 8.24. The summed E-state index contributed by atoms with van der Waals surface area (Å²) in [7, 11) is 0. The van der Waals surface area contributed by atoms with Gasteiger partial charge in [0.1, 0.15) is 11.4 Å². The number of carbonyl (C=O) groups is 1. The van der Waals surface area contributed by atoms with Crippen molar-refractivity contribution in [1.29, 1.82) is 0 Å². The van der Waals surface area contributed by atoms with Crippen LogP contribution in [0.5, 0.6) is 0 Å². The van der Waals surface area contributed by atoms with E-state index < -0.39 is 0 Å². The van der Waals surface area contributed by atoms with Crippen molar-refractivity contribution in [2.75, 3.05) is 0 Å². The first kappa shape index (κ1) is 17.8. The van der Waals surface area contributed by atoms with Crippen LogP contribution in [-0.4, -0.2) is 26.7 Å². The molecule has 5 rings (SSSR count). The number of thiophene rings is 1. The molecule has 1 amide bonds. The number of carbonyl (C=O) groups excluding carboxylic acids is 1. The number of para-hydroxylation sites is 1. The van der Waals surface area contributed by atoms with Crippen LogP contribution in [0.2, 0.25) is 0 Å². The molecule has 1 aromatic carbocycles. The van der Waals surface area contributed by atoms with E-state index in [0.29, 0.717) is 5.39 Å². The van der Waals surface area contributed by atoms with Crippen molar-refractivity contribution in [1.82, 2.24) is 20.0 Å². The number of fused-ring (bicyclic) bond motifs is 4. The monoisotopic (exact) mass is 405 g/mol. The molecule has 29 heavy (non-hydrogen) atoms. The number of amides is 1. The number of aromatic nitrogens is 3. The minimum Gasteiger partial charge on any atom is -0.361 e. The van der Waals surface area contributed by atoms with Gasteiger partial charge in [-0.1, -0.05) is 18.2 Å². The van der Waals surface area contributed by atoms with Gasteiger partial charge in [-0.25, -0.2) is 10.4 Å². The summed E-state index contributed by atoms with van der Waals surface area (Å²) in [6, 6.07) is 7.86. The minimum atomic E-state index is -0.367. The summed E-state index contributed by atoms with van der Waals surface area (Å²) in [5.74, 6) is -0.367. The maximum absolute atomic E-state index is 12.9. The molecule has 0 saturated heterocycles.